The molecule has 0 spiro atoms. The lowest BCUT2D eigenvalue weighted by molar-refractivity contribution is -0.137. The third kappa shape index (κ3) is 4.52. The summed E-state index contributed by atoms with van der Waals surface area (Å²) in [6.07, 6.45) is -4.40. The minimum absolute atomic E-state index is 0.0404. The van der Waals surface area contributed by atoms with E-state index in [9.17, 15) is 22.8 Å². The van der Waals surface area contributed by atoms with Crippen molar-refractivity contribution < 1.29 is 27.3 Å². The zero-order chi connectivity index (χ0) is 20.5. The highest BCUT2D eigenvalue weighted by molar-refractivity contribution is 5.89. The number of alkyl halides is 3. The highest BCUT2D eigenvalue weighted by atomic mass is 19.4. The highest BCUT2D eigenvalue weighted by Gasteiger charge is 2.36. The molecule has 1 aliphatic heterocycles. The van der Waals surface area contributed by atoms with E-state index in [0.717, 1.165) is 12.1 Å². The number of halogens is 3. The average Bonchev–Trinajstić information content (AvgIpc) is 3.19. The maximum atomic E-state index is 12.9. The molecule has 0 saturated carbocycles. The highest BCUT2D eigenvalue weighted by Crippen LogP contribution is 2.30. The molecule has 1 saturated heterocycles. The number of likely N-dealkylation sites (tertiary alicyclic amines) is 1. The number of carbonyl (C=O) groups is 2. The summed E-state index contributed by atoms with van der Waals surface area (Å²) in [5.74, 6) is -0.350. The van der Waals surface area contributed by atoms with Crippen LogP contribution in [0.15, 0.2) is 34.9 Å². The lowest BCUT2D eigenvalue weighted by Crippen LogP contribution is -2.34. The summed E-state index contributed by atoms with van der Waals surface area (Å²) in [5, 5.41) is 3.84. The Morgan fingerprint density at radius 3 is 2.75 bits per heavy atom. The Bertz CT molecular complexity index is 879. The minimum atomic E-state index is -4.44. The second-order valence-electron chi connectivity index (χ2n) is 7.00. The molecular formula is C19H20F3N3O3. The molecule has 1 aromatic carbocycles. The first-order chi connectivity index (χ1) is 13.1. The SMILES string of the molecule is Cc1cc(CN(C)C(=O)[C@H]2CC(=O)N(Cc3cccc(C(F)(F)F)c3)C2)no1. The monoisotopic (exact) mass is 395 g/mol. The van der Waals surface area contributed by atoms with Crippen molar-refractivity contribution in [3.05, 3.63) is 52.9 Å². The van der Waals surface area contributed by atoms with E-state index >= 15 is 0 Å². The molecule has 150 valence electrons. The summed E-state index contributed by atoms with van der Waals surface area (Å²) in [7, 11) is 1.62. The maximum Gasteiger partial charge on any atom is 0.416 e. The van der Waals surface area contributed by atoms with Crippen LogP contribution in [0.5, 0.6) is 0 Å². The molecule has 6 nitrogen and oxygen atoms in total. The minimum Gasteiger partial charge on any atom is -0.361 e. The van der Waals surface area contributed by atoms with Crippen molar-refractivity contribution in [3.63, 3.8) is 0 Å². The van der Waals surface area contributed by atoms with Crippen LogP contribution in [-0.2, 0) is 28.9 Å². The van der Waals surface area contributed by atoms with Gasteiger partial charge in [0.1, 0.15) is 11.5 Å². The second-order valence-corrected chi connectivity index (χ2v) is 7.00. The number of amides is 2. The van der Waals surface area contributed by atoms with Crippen molar-refractivity contribution in [2.75, 3.05) is 13.6 Å². The zero-order valence-electron chi connectivity index (χ0n) is 15.5. The fourth-order valence-electron chi connectivity index (χ4n) is 3.28. The molecule has 0 unspecified atom stereocenters. The van der Waals surface area contributed by atoms with E-state index < -0.39 is 17.7 Å². The van der Waals surface area contributed by atoms with Gasteiger partial charge in [0.05, 0.1) is 18.0 Å². The fraction of sp³-hybridized carbons (Fsp3) is 0.421. The number of aryl methyl sites for hydroxylation is 1. The van der Waals surface area contributed by atoms with Gasteiger partial charge < -0.3 is 14.3 Å². The zero-order valence-corrected chi connectivity index (χ0v) is 15.5. The van der Waals surface area contributed by atoms with E-state index in [0.29, 0.717) is 17.0 Å². The Morgan fingerprint density at radius 2 is 2.11 bits per heavy atom. The predicted molar refractivity (Wildman–Crippen MR) is 92.7 cm³/mol. The van der Waals surface area contributed by atoms with Gasteiger partial charge >= 0.3 is 6.18 Å². The smallest absolute Gasteiger partial charge is 0.361 e. The second kappa shape index (κ2) is 7.65. The molecule has 0 N–H and O–H groups in total. The summed E-state index contributed by atoms with van der Waals surface area (Å²) in [5.41, 5.74) is 0.230. The molecule has 1 aliphatic rings. The van der Waals surface area contributed by atoms with Crippen LogP contribution in [0.2, 0.25) is 0 Å². The number of aromatic nitrogens is 1. The van der Waals surface area contributed by atoms with Gasteiger partial charge in [-0.05, 0) is 24.6 Å². The number of rotatable bonds is 5. The molecule has 0 bridgehead atoms. The van der Waals surface area contributed by atoms with Gasteiger partial charge in [-0.3, -0.25) is 9.59 Å². The lowest BCUT2D eigenvalue weighted by Gasteiger charge is -2.21. The number of hydrogen-bond acceptors (Lipinski definition) is 4. The van der Waals surface area contributed by atoms with Crippen molar-refractivity contribution in [1.29, 1.82) is 0 Å². The van der Waals surface area contributed by atoms with Gasteiger partial charge in [-0.1, -0.05) is 17.3 Å². The van der Waals surface area contributed by atoms with Gasteiger partial charge in [0.15, 0.2) is 0 Å². The Morgan fingerprint density at radius 1 is 1.36 bits per heavy atom. The molecule has 0 aliphatic carbocycles. The molecule has 3 rings (SSSR count). The molecule has 2 aromatic rings. The molecule has 28 heavy (non-hydrogen) atoms. The molecule has 1 aromatic heterocycles. The van der Waals surface area contributed by atoms with Crippen LogP contribution in [-0.4, -0.2) is 40.4 Å². The van der Waals surface area contributed by atoms with Gasteiger partial charge in [-0.15, -0.1) is 0 Å². The standard InChI is InChI=1S/C19H20F3N3O3/c1-12-6-16(23-28-12)11-24(2)18(27)14-8-17(26)25(10-14)9-13-4-3-5-15(7-13)19(20,21)22/h3-7,14H,8-11H2,1-2H3/t14-/m0/s1. The van der Waals surface area contributed by atoms with E-state index in [1.807, 2.05) is 0 Å². The summed E-state index contributed by atoms with van der Waals surface area (Å²) in [4.78, 5) is 27.8. The van der Waals surface area contributed by atoms with Gasteiger partial charge in [0.2, 0.25) is 11.8 Å². The summed E-state index contributed by atoms with van der Waals surface area (Å²) in [6.45, 7) is 2.23. The molecule has 2 heterocycles. The van der Waals surface area contributed by atoms with Crippen LogP contribution in [0.1, 0.15) is 29.0 Å². The number of hydrogen-bond donors (Lipinski definition) is 0. The van der Waals surface area contributed by atoms with Crippen molar-refractivity contribution in [3.8, 4) is 0 Å². The first kappa shape index (κ1) is 19.9. The largest absolute Gasteiger partial charge is 0.416 e. The van der Waals surface area contributed by atoms with Crippen LogP contribution in [0.25, 0.3) is 0 Å². The first-order valence-electron chi connectivity index (χ1n) is 8.74. The van der Waals surface area contributed by atoms with Crippen LogP contribution in [0, 0.1) is 12.8 Å². The summed E-state index contributed by atoms with van der Waals surface area (Å²) < 4.78 is 43.5. The van der Waals surface area contributed by atoms with Gasteiger partial charge in [-0.25, -0.2) is 0 Å². The molecule has 9 heteroatoms. The average molecular weight is 395 g/mol. The normalized spacial score (nSPS) is 17.2. The van der Waals surface area contributed by atoms with Crippen molar-refractivity contribution in [2.24, 2.45) is 5.92 Å². The van der Waals surface area contributed by atoms with E-state index in [2.05, 4.69) is 5.16 Å². The predicted octanol–water partition coefficient (Wildman–Crippen LogP) is 3.01. The summed E-state index contributed by atoms with van der Waals surface area (Å²) in [6, 6.07) is 6.60. The first-order valence-corrected chi connectivity index (χ1v) is 8.74. The van der Waals surface area contributed by atoms with Crippen LogP contribution in [0.3, 0.4) is 0 Å². The van der Waals surface area contributed by atoms with Crippen LogP contribution < -0.4 is 0 Å². The van der Waals surface area contributed by atoms with Crippen molar-refractivity contribution in [1.82, 2.24) is 15.0 Å². The topological polar surface area (TPSA) is 66.7 Å². The maximum absolute atomic E-state index is 12.9. The molecular weight excluding hydrogens is 375 g/mol. The van der Waals surface area contributed by atoms with Gasteiger partial charge in [0.25, 0.3) is 0 Å². The fourth-order valence-corrected chi connectivity index (χ4v) is 3.28. The van der Waals surface area contributed by atoms with Gasteiger partial charge in [0, 0.05) is 32.6 Å². The third-order valence-electron chi connectivity index (χ3n) is 4.64. The Kier molecular flexibility index (Phi) is 5.44. The van der Waals surface area contributed by atoms with Crippen LogP contribution in [0.4, 0.5) is 13.2 Å². The Labute approximate surface area is 159 Å². The Hall–Kier alpha value is -2.84. The van der Waals surface area contributed by atoms with Gasteiger partial charge in [-0.2, -0.15) is 13.2 Å². The van der Waals surface area contributed by atoms with E-state index in [-0.39, 0.29) is 37.9 Å². The number of benzene rings is 1. The van der Waals surface area contributed by atoms with E-state index in [1.54, 1.807) is 20.0 Å². The van der Waals surface area contributed by atoms with Crippen molar-refractivity contribution in [2.45, 2.75) is 32.6 Å². The Balaban J connectivity index is 1.62. The van der Waals surface area contributed by atoms with E-state index in [1.165, 1.54) is 21.9 Å². The van der Waals surface area contributed by atoms with Crippen LogP contribution >= 0.6 is 0 Å². The molecule has 1 atom stereocenters. The summed E-state index contributed by atoms with van der Waals surface area (Å²) >= 11 is 0. The number of carbonyl (C=O) groups excluding carboxylic acids is 2. The van der Waals surface area contributed by atoms with Crippen molar-refractivity contribution >= 4 is 11.8 Å². The third-order valence-corrected chi connectivity index (χ3v) is 4.64. The number of nitrogens with zero attached hydrogens (tertiary/aromatic N) is 3. The quantitative estimate of drug-likeness (QED) is 0.781. The van der Waals surface area contributed by atoms with E-state index in [4.69, 9.17) is 4.52 Å². The molecule has 2 amide bonds. The lowest BCUT2D eigenvalue weighted by atomic mass is 10.1. The molecule has 1 fully saturated rings. The molecule has 0 radical (unpaired) electrons.